The minimum absolute atomic E-state index is 0.0654. The van der Waals surface area contributed by atoms with E-state index in [1.54, 1.807) is 16.2 Å². The van der Waals surface area contributed by atoms with Crippen molar-refractivity contribution in [1.29, 1.82) is 0 Å². The van der Waals surface area contributed by atoms with E-state index >= 15 is 0 Å². The zero-order valence-electron chi connectivity index (χ0n) is 11.1. The normalized spacial score (nSPS) is 14.1. The van der Waals surface area contributed by atoms with Crippen molar-refractivity contribution in [1.82, 2.24) is 10.2 Å². The van der Waals surface area contributed by atoms with Crippen LogP contribution in [0.15, 0.2) is 11.4 Å². The van der Waals surface area contributed by atoms with Gasteiger partial charge in [-0.1, -0.05) is 11.8 Å². The van der Waals surface area contributed by atoms with E-state index in [2.05, 4.69) is 17.2 Å². The van der Waals surface area contributed by atoms with Crippen LogP contribution >= 0.6 is 11.3 Å². The number of nitrogens with zero attached hydrogens (tertiary/aromatic N) is 1. The van der Waals surface area contributed by atoms with Gasteiger partial charge in [0, 0.05) is 28.8 Å². The van der Waals surface area contributed by atoms with Crippen LogP contribution in [0, 0.1) is 11.8 Å². The molecular weight excluding hydrogens is 274 g/mol. The fourth-order valence-electron chi connectivity index (χ4n) is 1.98. The molecule has 1 saturated heterocycles. The molecule has 0 aromatic carbocycles. The SMILES string of the molecule is NCC#Cc1csc(CNC(=O)CN2CCCC2=O)c1. The number of carbonyl (C=O) groups is 2. The van der Waals surface area contributed by atoms with Gasteiger partial charge in [-0.2, -0.15) is 0 Å². The predicted molar refractivity (Wildman–Crippen MR) is 77.9 cm³/mol. The molecule has 106 valence electrons. The lowest BCUT2D eigenvalue weighted by Crippen LogP contribution is -2.37. The summed E-state index contributed by atoms with van der Waals surface area (Å²) in [5.41, 5.74) is 6.23. The second-order valence-electron chi connectivity index (χ2n) is 4.50. The molecule has 0 bridgehead atoms. The molecule has 2 heterocycles. The second-order valence-corrected chi connectivity index (χ2v) is 5.50. The van der Waals surface area contributed by atoms with E-state index in [9.17, 15) is 9.59 Å². The first-order valence-electron chi connectivity index (χ1n) is 6.50. The highest BCUT2D eigenvalue weighted by atomic mass is 32.1. The van der Waals surface area contributed by atoms with Gasteiger partial charge in [-0.05, 0) is 12.5 Å². The zero-order chi connectivity index (χ0) is 14.4. The monoisotopic (exact) mass is 291 g/mol. The van der Waals surface area contributed by atoms with Crippen LogP contribution in [0.5, 0.6) is 0 Å². The lowest BCUT2D eigenvalue weighted by molar-refractivity contribution is -0.133. The van der Waals surface area contributed by atoms with Crippen LogP contribution in [-0.2, 0) is 16.1 Å². The van der Waals surface area contributed by atoms with Crippen LogP contribution in [0.1, 0.15) is 23.3 Å². The fourth-order valence-corrected chi connectivity index (χ4v) is 2.73. The molecule has 0 radical (unpaired) electrons. The summed E-state index contributed by atoms with van der Waals surface area (Å²) in [5.74, 6) is 5.68. The molecule has 3 N–H and O–H groups in total. The van der Waals surface area contributed by atoms with Crippen molar-refractivity contribution in [3.8, 4) is 11.8 Å². The number of nitrogens with one attached hydrogen (secondary N) is 1. The van der Waals surface area contributed by atoms with Crippen LogP contribution in [0.4, 0.5) is 0 Å². The van der Waals surface area contributed by atoms with Gasteiger partial charge < -0.3 is 16.0 Å². The molecule has 0 atom stereocenters. The molecule has 2 amide bonds. The summed E-state index contributed by atoms with van der Waals surface area (Å²) >= 11 is 1.55. The molecule has 1 aromatic heterocycles. The van der Waals surface area contributed by atoms with E-state index in [1.807, 2.05) is 11.4 Å². The Hall–Kier alpha value is -1.84. The smallest absolute Gasteiger partial charge is 0.239 e. The highest BCUT2D eigenvalue weighted by Crippen LogP contribution is 2.13. The van der Waals surface area contributed by atoms with Gasteiger partial charge in [0.05, 0.1) is 19.6 Å². The van der Waals surface area contributed by atoms with E-state index in [0.29, 0.717) is 26.1 Å². The Bertz CT molecular complexity index is 556. The van der Waals surface area contributed by atoms with Crippen molar-refractivity contribution < 1.29 is 9.59 Å². The first-order chi connectivity index (χ1) is 9.69. The first kappa shape index (κ1) is 14.6. The molecule has 1 aliphatic rings. The zero-order valence-corrected chi connectivity index (χ0v) is 12.0. The molecule has 1 aromatic rings. The fraction of sp³-hybridized carbons (Fsp3) is 0.429. The maximum Gasteiger partial charge on any atom is 0.239 e. The topological polar surface area (TPSA) is 75.4 Å². The molecule has 5 nitrogen and oxygen atoms in total. The molecule has 6 heteroatoms. The van der Waals surface area contributed by atoms with Gasteiger partial charge in [-0.15, -0.1) is 11.3 Å². The molecule has 2 rings (SSSR count). The maximum atomic E-state index is 11.8. The molecular formula is C14H17N3O2S. The standard InChI is InChI=1S/C14H17N3O2S/c15-5-1-3-11-7-12(20-10-11)8-16-13(18)9-17-6-2-4-14(17)19/h7,10H,2,4-6,8-9,15H2,(H,16,18). The second kappa shape index (κ2) is 7.08. The number of nitrogens with two attached hydrogens (primary N) is 1. The van der Waals surface area contributed by atoms with Gasteiger partial charge in [0.25, 0.3) is 0 Å². The average molecular weight is 291 g/mol. The van der Waals surface area contributed by atoms with Crippen molar-refractivity contribution in [2.24, 2.45) is 5.73 Å². The number of rotatable bonds is 4. The van der Waals surface area contributed by atoms with Crippen LogP contribution < -0.4 is 11.1 Å². The van der Waals surface area contributed by atoms with E-state index < -0.39 is 0 Å². The van der Waals surface area contributed by atoms with Gasteiger partial charge in [0.1, 0.15) is 0 Å². The van der Waals surface area contributed by atoms with Crippen molar-refractivity contribution >= 4 is 23.2 Å². The average Bonchev–Trinajstić information content (AvgIpc) is 3.04. The molecule has 0 spiro atoms. The number of amides is 2. The first-order valence-corrected chi connectivity index (χ1v) is 7.38. The molecule has 0 aliphatic carbocycles. The quantitative estimate of drug-likeness (QED) is 0.783. The van der Waals surface area contributed by atoms with Crippen LogP contribution in [0.2, 0.25) is 0 Å². The highest BCUT2D eigenvalue weighted by Gasteiger charge is 2.22. The Labute approximate surface area is 122 Å². The third-order valence-electron chi connectivity index (χ3n) is 2.95. The summed E-state index contributed by atoms with van der Waals surface area (Å²) in [4.78, 5) is 25.8. The predicted octanol–water partition coefficient (Wildman–Crippen LogP) is 0.297. The van der Waals surface area contributed by atoms with Crippen molar-refractivity contribution in [2.75, 3.05) is 19.6 Å². The van der Waals surface area contributed by atoms with Crippen LogP contribution in [0.25, 0.3) is 0 Å². The van der Waals surface area contributed by atoms with Gasteiger partial charge in [-0.3, -0.25) is 9.59 Å². The summed E-state index contributed by atoms with van der Waals surface area (Å²) in [7, 11) is 0. The number of carbonyl (C=O) groups excluding carboxylic acids is 2. The van der Waals surface area contributed by atoms with Gasteiger partial charge in [-0.25, -0.2) is 0 Å². The lowest BCUT2D eigenvalue weighted by atomic mass is 10.3. The summed E-state index contributed by atoms with van der Waals surface area (Å²) in [5, 5.41) is 4.76. The van der Waals surface area contributed by atoms with E-state index in [4.69, 9.17) is 5.73 Å². The van der Waals surface area contributed by atoms with Gasteiger partial charge in [0.2, 0.25) is 11.8 Å². The minimum Gasteiger partial charge on any atom is -0.350 e. The van der Waals surface area contributed by atoms with Crippen molar-refractivity contribution in [2.45, 2.75) is 19.4 Å². The molecule has 1 fully saturated rings. The highest BCUT2D eigenvalue weighted by molar-refractivity contribution is 7.10. The van der Waals surface area contributed by atoms with E-state index in [1.165, 1.54) is 0 Å². The van der Waals surface area contributed by atoms with Gasteiger partial charge in [0.15, 0.2) is 0 Å². The minimum atomic E-state index is -0.122. The summed E-state index contributed by atoms with van der Waals surface area (Å²) in [6.45, 7) is 1.65. The molecule has 0 saturated carbocycles. The summed E-state index contributed by atoms with van der Waals surface area (Å²) in [6, 6.07) is 1.94. The van der Waals surface area contributed by atoms with Crippen molar-refractivity contribution in [3.05, 3.63) is 21.9 Å². The Morgan fingerprint density at radius 2 is 2.40 bits per heavy atom. The number of thiophene rings is 1. The Balaban J connectivity index is 1.78. The summed E-state index contributed by atoms with van der Waals surface area (Å²) in [6.07, 6.45) is 1.40. The van der Waals surface area contributed by atoms with Crippen LogP contribution in [0.3, 0.4) is 0 Å². The molecule has 20 heavy (non-hydrogen) atoms. The molecule has 1 aliphatic heterocycles. The Kier molecular flexibility index (Phi) is 5.16. The number of hydrogen-bond donors (Lipinski definition) is 2. The summed E-state index contributed by atoms with van der Waals surface area (Å²) < 4.78 is 0. The molecule has 0 unspecified atom stereocenters. The largest absolute Gasteiger partial charge is 0.350 e. The third-order valence-corrected chi connectivity index (χ3v) is 3.89. The lowest BCUT2D eigenvalue weighted by Gasteiger charge is -2.14. The Morgan fingerprint density at radius 3 is 3.10 bits per heavy atom. The number of likely N-dealkylation sites (tertiary alicyclic amines) is 1. The Morgan fingerprint density at radius 1 is 1.55 bits per heavy atom. The maximum absolute atomic E-state index is 11.8. The van der Waals surface area contributed by atoms with E-state index in [-0.39, 0.29) is 18.4 Å². The number of hydrogen-bond acceptors (Lipinski definition) is 4. The van der Waals surface area contributed by atoms with E-state index in [0.717, 1.165) is 16.9 Å². The van der Waals surface area contributed by atoms with Crippen molar-refractivity contribution in [3.63, 3.8) is 0 Å². The third kappa shape index (κ3) is 4.08. The van der Waals surface area contributed by atoms with Crippen LogP contribution in [-0.4, -0.2) is 36.3 Å². The van der Waals surface area contributed by atoms with Gasteiger partial charge >= 0.3 is 0 Å².